The molecule has 0 aliphatic carbocycles. The summed E-state index contributed by atoms with van der Waals surface area (Å²) < 4.78 is 26.6. The van der Waals surface area contributed by atoms with E-state index >= 15 is 0 Å². The highest BCUT2D eigenvalue weighted by atomic mass is 32.2. The summed E-state index contributed by atoms with van der Waals surface area (Å²) in [6.45, 7) is 2.61. The molecule has 1 aliphatic rings. The van der Waals surface area contributed by atoms with E-state index in [-0.39, 0.29) is 10.3 Å². The maximum atomic E-state index is 12.4. The molecule has 0 spiro atoms. The van der Waals surface area contributed by atoms with Gasteiger partial charge in [-0.3, -0.25) is 0 Å². The van der Waals surface area contributed by atoms with Crippen LogP contribution in [0.4, 0.5) is 0 Å². The molecule has 0 N–H and O–H groups in total. The van der Waals surface area contributed by atoms with E-state index in [2.05, 4.69) is 0 Å². The third-order valence-corrected chi connectivity index (χ3v) is 6.46. The molecule has 92 valence electrons. The van der Waals surface area contributed by atoms with Crippen molar-refractivity contribution in [1.82, 2.24) is 4.31 Å². The first-order valence-corrected chi connectivity index (χ1v) is 7.87. The van der Waals surface area contributed by atoms with Gasteiger partial charge in [0.1, 0.15) is 15.2 Å². The highest BCUT2D eigenvalue weighted by Gasteiger charge is 2.34. The monoisotopic (exact) mass is 270 g/mol. The van der Waals surface area contributed by atoms with E-state index in [0.29, 0.717) is 11.4 Å². The van der Waals surface area contributed by atoms with Crippen LogP contribution in [0.5, 0.6) is 0 Å². The summed E-state index contributed by atoms with van der Waals surface area (Å²) in [5.41, 5.74) is 0. The molecule has 2 heterocycles. The first-order valence-electron chi connectivity index (χ1n) is 5.61. The average molecular weight is 270 g/mol. The number of nitrogens with zero attached hydrogens (tertiary/aromatic N) is 2. The molecule has 6 heteroatoms. The van der Waals surface area contributed by atoms with Crippen LogP contribution in [0.15, 0.2) is 16.3 Å². The number of nitriles is 1. The number of hydrogen-bond donors (Lipinski definition) is 0. The Morgan fingerprint density at radius 3 is 2.94 bits per heavy atom. The van der Waals surface area contributed by atoms with E-state index in [0.717, 1.165) is 30.6 Å². The third kappa shape index (κ3) is 2.23. The van der Waals surface area contributed by atoms with Gasteiger partial charge in [-0.25, -0.2) is 8.42 Å². The van der Waals surface area contributed by atoms with Crippen LogP contribution < -0.4 is 0 Å². The second-order valence-electron chi connectivity index (χ2n) is 4.05. The molecule has 0 bridgehead atoms. The van der Waals surface area contributed by atoms with E-state index < -0.39 is 10.0 Å². The van der Waals surface area contributed by atoms with E-state index in [4.69, 9.17) is 5.26 Å². The molecular weight excluding hydrogens is 256 g/mol. The molecule has 0 amide bonds. The zero-order valence-electron chi connectivity index (χ0n) is 9.59. The molecule has 1 aliphatic heterocycles. The molecule has 1 aromatic rings. The molecule has 4 nitrogen and oxygen atoms in total. The van der Waals surface area contributed by atoms with Gasteiger partial charge >= 0.3 is 0 Å². The van der Waals surface area contributed by atoms with Crippen molar-refractivity contribution in [2.24, 2.45) is 0 Å². The summed E-state index contributed by atoms with van der Waals surface area (Å²) in [6, 6.07) is 5.18. The number of hydrogen-bond acceptors (Lipinski definition) is 4. The molecule has 1 saturated heterocycles. The topological polar surface area (TPSA) is 61.2 Å². The lowest BCUT2D eigenvalue weighted by Crippen LogP contribution is -2.34. The summed E-state index contributed by atoms with van der Waals surface area (Å²) in [6.07, 6.45) is 2.70. The van der Waals surface area contributed by atoms with Gasteiger partial charge in [-0.2, -0.15) is 9.57 Å². The van der Waals surface area contributed by atoms with Crippen LogP contribution in [0.1, 0.15) is 31.1 Å². The van der Waals surface area contributed by atoms with Crippen LogP contribution in [0, 0.1) is 11.3 Å². The van der Waals surface area contributed by atoms with Crippen molar-refractivity contribution in [3.8, 4) is 6.07 Å². The van der Waals surface area contributed by atoms with E-state index in [1.54, 1.807) is 10.4 Å². The Kier molecular flexibility index (Phi) is 3.52. The van der Waals surface area contributed by atoms with E-state index in [1.165, 1.54) is 6.07 Å². The van der Waals surface area contributed by atoms with Gasteiger partial charge in [0.05, 0.1) is 0 Å². The predicted molar refractivity (Wildman–Crippen MR) is 66.2 cm³/mol. The lowest BCUT2D eigenvalue weighted by atomic mass is 10.2. The van der Waals surface area contributed by atoms with Gasteiger partial charge in [0.2, 0.25) is 0 Å². The first kappa shape index (κ1) is 12.6. The summed E-state index contributed by atoms with van der Waals surface area (Å²) in [5.74, 6) is 0. The number of rotatable bonds is 3. The van der Waals surface area contributed by atoms with Crippen molar-refractivity contribution in [1.29, 1.82) is 5.26 Å². The van der Waals surface area contributed by atoms with Crippen LogP contribution in [0.2, 0.25) is 0 Å². The summed E-state index contributed by atoms with van der Waals surface area (Å²) in [4.78, 5) is 0.441. The SMILES string of the molecule is CCC1CCCN1S(=O)(=O)c1ccc(C#N)s1. The molecule has 17 heavy (non-hydrogen) atoms. The van der Waals surface area contributed by atoms with E-state index in [9.17, 15) is 8.42 Å². The maximum Gasteiger partial charge on any atom is 0.252 e. The largest absolute Gasteiger partial charge is 0.252 e. The minimum atomic E-state index is -3.39. The van der Waals surface area contributed by atoms with Gasteiger partial charge in [-0.15, -0.1) is 11.3 Å². The zero-order chi connectivity index (χ0) is 12.5. The van der Waals surface area contributed by atoms with Crippen LogP contribution in [-0.2, 0) is 10.0 Å². The average Bonchev–Trinajstić information content (AvgIpc) is 2.97. The molecule has 2 rings (SSSR count). The van der Waals surface area contributed by atoms with Crippen LogP contribution in [0.25, 0.3) is 0 Å². The Labute approximate surface area is 106 Å². The van der Waals surface area contributed by atoms with Crippen molar-refractivity contribution in [2.75, 3.05) is 6.54 Å². The van der Waals surface area contributed by atoms with Crippen LogP contribution in [-0.4, -0.2) is 25.3 Å². The maximum absolute atomic E-state index is 12.4. The Morgan fingerprint density at radius 2 is 2.35 bits per heavy atom. The molecule has 1 unspecified atom stereocenters. The van der Waals surface area contributed by atoms with Crippen LogP contribution in [0.3, 0.4) is 0 Å². The van der Waals surface area contributed by atoms with Crippen molar-refractivity contribution in [2.45, 2.75) is 36.4 Å². The Morgan fingerprint density at radius 1 is 1.59 bits per heavy atom. The highest BCUT2D eigenvalue weighted by Crippen LogP contribution is 2.30. The van der Waals surface area contributed by atoms with Gasteiger partial charge in [0.25, 0.3) is 10.0 Å². The number of sulfonamides is 1. The first-order chi connectivity index (χ1) is 8.09. The Hall–Kier alpha value is -0.900. The molecule has 0 aromatic carbocycles. The standard InChI is InChI=1S/C11H14N2O2S2/c1-2-9-4-3-7-13(9)17(14,15)11-6-5-10(8-12)16-11/h5-6,9H,2-4,7H2,1H3. The molecule has 1 aromatic heterocycles. The van der Waals surface area contributed by atoms with Gasteiger partial charge in [-0.05, 0) is 31.4 Å². The predicted octanol–water partition coefficient (Wildman–Crippen LogP) is 2.18. The fourth-order valence-corrected chi connectivity index (χ4v) is 5.17. The summed E-state index contributed by atoms with van der Waals surface area (Å²) >= 11 is 1.05. The lowest BCUT2D eigenvalue weighted by Gasteiger charge is -2.21. The Bertz CT molecular complexity index is 542. The molecule has 1 fully saturated rings. The zero-order valence-corrected chi connectivity index (χ0v) is 11.2. The second-order valence-corrected chi connectivity index (χ2v) is 7.25. The van der Waals surface area contributed by atoms with Crippen molar-refractivity contribution < 1.29 is 8.42 Å². The molecule has 1 atom stereocenters. The normalized spacial score (nSPS) is 21.5. The third-order valence-electron chi connectivity index (χ3n) is 3.05. The molecule has 0 saturated carbocycles. The van der Waals surface area contributed by atoms with E-state index in [1.807, 2.05) is 13.0 Å². The fraction of sp³-hybridized carbons (Fsp3) is 0.545. The van der Waals surface area contributed by atoms with Gasteiger partial charge in [0, 0.05) is 12.6 Å². The highest BCUT2D eigenvalue weighted by molar-refractivity contribution is 7.91. The Balaban J connectivity index is 2.33. The van der Waals surface area contributed by atoms with Crippen molar-refractivity contribution in [3.05, 3.63) is 17.0 Å². The van der Waals surface area contributed by atoms with Crippen LogP contribution >= 0.6 is 11.3 Å². The van der Waals surface area contributed by atoms with Gasteiger partial charge in [0.15, 0.2) is 0 Å². The quantitative estimate of drug-likeness (QED) is 0.845. The lowest BCUT2D eigenvalue weighted by molar-refractivity contribution is 0.380. The summed E-state index contributed by atoms with van der Waals surface area (Å²) in [5, 5.41) is 8.73. The van der Waals surface area contributed by atoms with Crippen molar-refractivity contribution >= 4 is 21.4 Å². The summed E-state index contributed by atoms with van der Waals surface area (Å²) in [7, 11) is -3.39. The molecule has 0 radical (unpaired) electrons. The number of thiophene rings is 1. The van der Waals surface area contributed by atoms with Crippen molar-refractivity contribution in [3.63, 3.8) is 0 Å². The fourth-order valence-electron chi connectivity index (χ4n) is 2.17. The minimum absolute atomic E-state index is 0.118. The van der Waals surface area contributed by atoms with Gasteiger partial charge in [-0.1, -0.05) is 6.92 Å². The minimum Gasteiger partial charge on any atom is -0.206 e. The smallest absolute Gasteiger partial charge is 0.206 e. The molecular formula is C11H14N2O2S2. The second kappa shape index (κ2) is 4.77. The van der Waals surface area contributed by atoms with Gasteiger partial charge < -0.3 is 0 Å².